The molecule has 0 heterocycles. The smallest absolute Gasteiger partial charge is 0.354 e. The molecule has 0 aromatic carbocycles. The Morgan fingerprint density at radius 1 is 1.78 bits per heavy atom. The van der Waals surface area contributed by atoms with Crippen molar-refractivity contribution in [2.75, 3.05) is 14.2 Å². The van der Waals surface area contributed by atoms with Crippen LogP contribution in [0, 0.1) is 0 Å². The first-order valence-corrected chi connectivity index (χ1v) is 2.88. The third kappa shape index (κ3) is 2.41. The molecule has 3 nitrogen and oxygen atoms in total. The van der Waals surface area contributed by atoms with Crippen LogP contribution in [0.25, 0.3) is 0 Å². The van der Waals surface area contributed by atoms with Crippen LogP contribution < -0.4 is 5.32 Å². The quantitative estimate of drug-likeness (QED) is 0.332. The average molecular weight is 147 g/mol. The zero-order chi connectivity index (χ0) is 7.28. The van der Waals surface area contributed by atoms with Gasteiger partial charge in [0.2, 0.25) is 0 Å². The highest BCUT2D eigenvalue weighted by Gasteiger charge is 2.03. The Morgan fingerprint density at radius 3 is 2.44 bits per heavy atom. The highest BCUT2D eigenvalue weighted by atomic mass is 32.1. The molecule has 0 bridgehead atoms. The van der Waals surface area contributed by atoms with Gasteiger partial charge in [0.1, 0.15) is 5.70 Å². The van der Waals surface area contributed by atoms with E-state index < -0.39 is 5.97 Å². The summed E-state index contributed by atoms with van der Waals surface area (Å²) in [5, 5.41) is 3.97. The highest BCUT2D eigenvalue weighted by Crippen LogP contribution is 1.92. The lowest BCUT2D eigenvalue weighted by atomic mass is 10.5. The maximum atomic E-state index is 10.6. The number of methoxy groups -OCH3 is 1. The van der Waals surface area contributed by atoms with Gasteiger partial charge < -0.3 is 10.1 Å². The van der Waals surface area contributed by atoms with Gasteiger partial charge in [-0.15, -0.1) is 12.6 Å². The van der Waals surface area contributed by atoms with Crippen LogP contribution in [0.15, 0.2) is 11.1 Å². The van der Waals surface area contributed by atoms with E-state index in [0.717, 1.165) is 0 Å². The number of rotatable bonds is 2. The van der Waals surface area contributed by atoms with Crippen molar-refractivity contribution in [1.29, 1.82) is 0 Å². The van der Waals surface area contributed by atoms with Crippen molar-refractivity contribution in [3.63, 3.8) is 0 Å². The largest absolute Gasteiger partial charge is 0.464 e. The molecule has 0 saturated carbocycles. The van der Waals surface area contributed by atoms with E-state index in [2.05, 4.69) is 22.7 Å². The fourth-order valence-electron chi connectivity index (χ4n) is 0.329. The Kier molecular flexibility index (Phi) is 3.96. The number of hydrogen-bond acceptors (Lipinski definition) is 4. The Hall–Kier alpha value is -0.640. The maximum absolute atomic E-state index is 10.6. The molecule has 52 valence electrons. The lowest BCUT2D eigenvalue weighted by Gasteiger charge is -2.00. The summed E-state index contributed by atoms with van der Waals surface area (Å²) in [5.74, 6) is -0.410. The first kappa shape index (κ1) is 8.36. The van der Waals surface area contributed by atoms with E-state index in [0.29, 0.717) is 5.70 Å². The summed E-state index contributed by atoms with van der Waals surface area (Å²) in [6.07, 6.45) is 0. The normalized spacial score (nSPS) is 10.8. The second-order valence-electron chi connectivity index (χ2n) is 1.28. The topological polar surface area (TPSA) is 38.3 Å². The second kappa shape index (κ2) is 4.26. The van der Waals surface area contributed by atoms with Gasteiger partial charge in [-0.1, -0.05) is 0 Å². The van der Waals surface area contributed by atoms with Crippen LogP contribution in [-0.4, -0.2) is 20.1 Å². The molecular weight excluding hydrogens is 138 g/mol. The summed E-state index contributed by atoms with van der Waals surface area (Å²) in [7, 11) is 2.94. The van der Waals surface area contributed by atoms with Crippen LogP contribution >= 0.6 is 12.6 Å². The molecule has 0 rings (SSSR count). The summed E-state index contributed by atoms with van der Waals surface area (Å²) in [5.41, 5.74) is 0.348. The standard InChI is InChI=1S/C5H9NO2S/c1-6-4(3-9)5(7)8-2/h3,6,9H,1-2H3/b4-3-. The predicted octanol–water partition coefficient (Wildman–Crippen LogP) is 0.150. The number of thiol groups is 1. The van der Waals surface area contributed by atoms with E-state index in [1.54, 1.807) is 7.05 Å². The average Bonchev–Trinajstić information content (AvgIpc) is 1.90. The van der Waals surface area contributed by atoms with Crippen LogP contribution in [0.1, 0.15) is 0 Å². The molecule has 4 heteroatoms. The van der Waals surface area contributed by atoms with Gasteiger partial charge in [0, 0.05) is 7.05 Å². The fraction of sp³-hybridized carbons (Fsp3) is 0.400. The lowest BCUT2D eigenvalue weighted by Crippen LogP contribution is -2.16. The molecule has 0 spiro atoms. The highest BCUT2D eigenvalue weighted by molar-refractivity contribution is 7.83. The van der Waals surface area contributed by atoms with Crippen LogP contribution in [0.2, 0.25) is 0 Å². The minimum absolute atomic E-state index is 0.348. The third-order valence-corrected chi connectivity index (χ3v) is 1.06. The molecule has 0 aromatic rings. The first-order chi connectivity index (χ1) is 4.26. The molecule has 0 saturated heterocycles. The van der Waals surface area contributed by atoms with E-state index in [1.165, 1.54) is 12.5 Å². The molecule has 0 atom stereocenters. The molecule has 0 aliphatic carbocycles. The van der Waals surface area contributed by atoms with E-state index in [1.807, 2.05) is 0 Å². The van der Waals surface area contributed by atoms with Crippen molar-refractivity contribution in [2.24, 2.45) is 0 Å². The number of hydrogen-bond donors (Lipinski definition) is 2. The van der Waals surface area contributed by atoms with E-state index >= 15 is 0 Å². The van der Waals surface area contributed by atoms with Gasteiger partial charge in [-0.05, 0) is 5.41 Å². The van der Waals surface area contributed by atoms with E-state index in [9.17, 15) is 4.79 Å². The Labute approximate surface area is 59.5 Å². The number of carbonyl (C=O) groups is 1. The van der Waals surface area contributed by atoms with Gasteiger partial charge in [0.05, 0.1) is 7.11 Å². The van der Waals surface area contributed by atoms with Crippen molar-refractivity contribution < 1.29 is 9.53 Å². The van der Waals surface area contributed by atoms with E-state index in [-0.39, 0.29) is 0 Å². The minimum Gasteiger partial charge on any atom is -0.464 e. The van der Waals surface area contributed by atoms with E-state index in [4.69, 9.17) is 0 Å². The van der Waals surface area contributed by atoms with Crippen molar-refractivity contribution in [2.45, 2.75) is 0 Å². The van der Waals surface area contributed by atoms with Crippen molar-refractivity contribution in [3.05, 3.63) is 11.1 Å². The van der Waals surface area contributed by atoms with Crippen LogP contribution in [0.3, 0.4) is 0 Å². The monoisotopic (exact) mass is 147 g/mol. The van der Waals surface area contributed by atoms with Crippen molar-refractivity contribution in [3.8, 4) is 0 Å². The molecule has 0 radical (unpaired) electrons. The van der Waals surface area contributed by atoms with Gasteiger partial charge in [0.15, 0.2) is 0 Å². The molecule has 0 fully saturated rings. The first-order valence-electron chi connectivity index (χ1n) is 2.36. The van der Waals surface area contributed by atoms with Crippen LogP contribution in [0.5, 0.6) is 0 Å². The van der Waals surface area contributed by atoms with Gasteiger partial charge >= 0.3 is 5.97 Å². The summed E-state index contributed by atoms with van der Waals surface area (Å²) in [6.45, 7) is 0. The van der Waals surface area contributed by atoms with Crippen LogP contribution in [-0.2, 0) is 9.53 Å². The molecular formula is C5H9NO2S. The number of esters is 1. The molecule has 0 aliphatic heterocycles. The van der Waals surface area contributed by atoms with Gasteiger partial charge in [-0.25, -0.2) is 4.79 Å². The van der Waals surface area contributed by atoms with Crippen molar-refractivity contribution >= 4 is 18.6 Å². The summed E-state index contributed by atoms with van der Waals surface area (Å²) < 4.78 is 4.38. The number of carbonyl (C=O) groups excluding carboxylic acids is 1. The lowest BCUT2D eigenvalue weighted by molar-refractivity contribution is -0.136. The second-order valence-corrected chi connectivity index (χ2v) is 1.54. The summed E-state index contributed by atoms with van der Waals surface area (Å²) in [6, 6.07) is 0. The molecule has 9 heavy (non-hydrogen) atoms. The SMILES string of the molecule is CN/C(=C\S)C(=O)OC. The minimum atomic E-state index is -0.410. The Morgan fingerprint density at radius 2 is 2.33 bits per heavy atom. The Bertz CT molecular complexity index is 133. The third-order valence-electron chi connectivity index (χ3n) is 0.804. The maximum Gasteiger partial charge on any atom is 0.354 e. The van der Waals surface area contributed by atoms with Crippen LogP contribution in [0.4, 0.5) is 0 Å². The molecule has 0 aliphatic rings. The summed E-state index contributed by atoms with van der Waals surface area (Å²) >= 11 is 3.76. The molecule has 0 amide bonds. The zero-order valence-corrected chi connectivity index (χ0v) is 6.24. The summed E-state index contributed by atoms with van der Waals surface area (Å²) in [4.78, 5) is 10.6. The molecule has 1 N–H and O–H groups in total. The fourth-order valence-corrected chi connectivity index (χ4v) is 0.564. The van der Waals surface area contributed by atoms with Gasteiger partial charge in [-0.2, -0.15) is 0 Å². The molecule has 0 unspecified atom stereocenters. The Balaban J connectivity index is 3.97. The number of likely N-dealkylation sites (N-methyl/N-ethyl adjacent to an activating group) is 1. The van der Waals surface area contributed by atoms with Crippen molar-refractivity contribution in [1.82, 2.24) is 5.32 Å². The zero-order valence-electron chi connectivity index (χ0n) is 5.34. The molecule has 0 aromatic heterocycles. The number of ether oxygens (including phenoxy) is 1. The number of nitrogens with one attached hydrogen (secondary N) is 1. The van der Waals surface area contributed by atoms with Gasteiger partial charge in [-0.3, -0.25) is 0 Å². The van der Waals surface area contributed by atoms with Gasteiger partial charge in [0.25, 0.3) is 0 Å². The predicted molar refractivity (Wildman–Crippen MR) is 38.1 cm³/mol.